The summed E-state index contributed by atoms with van der Waals surface area (Å²) in [6, 6.07) is 6.09. The number of nitrogens with zero attached hydrogens (tertiary/aromatic N) is 1. The Kier molecular flexibility index (Phi) is 5.23. The van der Waals surface area contributed by atoms with Gasteiger partial charge in [0.1, 0.15) is 5.75 Å². The van der Waals surface area contributed by atoms with Crippen LogP contribution in [0.25, 0.3) is 0 Å². The summed E-state index contributed by atoms with van der Waals surface area (Å²) in [4.78, 5) is 36.2. The van der Waals surface area contributed by atoms with Crippen LogP contribution < -0.4 is 4.74 Å². The maximum absolute atomic E-state index is 12.3. The van der Waals surface area contributed by atoms with Gasteiger partial charge in [-0.05, 0) is 31.0 Å². The van der Waals surface area contributed by atoms with Crippen LogP contribution in [0.4, 0.5) is 0 Å². The van der Waals surface area contributed by atoms with Crippen molar-refractivity contribution >= 4 is 17.7 Å². The quantitative estimate of drug-likeness (QED) is 0.789. The molecule has 1 aromatic rings. The Hall–Kier alpha value is -2.83. The number of amides is 1. The molecule has 0 spiro atoms. The van der Waals surface area contributed by atoms with Gasteiger partial charge in [-0.25, -0.2) is 0 Å². The number of hydrogen-bond donors (Lipinski definition) is 2. The van der Waals surface area contributed by atoms with Crippen LogP contribution in [0.15, 0.2) is 35.6 Å². The van der Waals surface area contributed by atoms with E-state index in [1.54, 1.807) is 24.3 Å². The van der Waals surface area contributed by atoms with Crippen LogP contribution in [-0.2, 0) is 14.4 Å². The maximum Gasteiger partial charge on any atom is 0.303 e. The van der Waals surface area contributed by atoms with Crippen molar-refractivity contribution in [2.75, 3.05) is 13.7 Å². The molecule has 2 N–H and O–H groups in total. The van der Waals surface area contributed by atoms with Crippen molar-refractivity contribution in [3.8, 4) is 5.75 Å². The van der Waals surface area contributed by atoms with Crippen LogP contribution >= 0.6 is 0 Å². The first-order chi connectivity index (χ1) is 11.4. The van der Waals surface area contributed by atoms with Crippen molar-refractivity contribution in [1.82, 2.24) is 4.90 Å². The highest BCUT2D eigenvalue weighted by Crippen LogP contribution is 2.38. The van der Waals surface area contributed by atoms with Crippen LogP contribution in [0.1, 0.15) is 31.4 Å². The van der Waals surface area contributed by atoms with E-state index < -0.39 is 29.5 Å². The molecule has 0 saturated carbocycles. The summed E-state index contributed by atoms with van der Waals surface area (Å²) in [6.07, 6.45) is 0.126. The predicted octanol–water partition coefficient (Wildman–Crippen LogP) is 1.84. The number of ketones is 1. The Balaban J connectivity index is 2.36. The lowest BCUT2D eigenvalue weighted by Gasteiger charge is -2.26. The fourth-order valence-corrected chi connectivity index (χ4v) is 2.78. The van der Waals surface area contributed by atoms with E-state index in [0.29, 0.717) is 11.3 Å². The molecule has 128 valence electrons. The third kappa shape index (κ3) is 3.40. The van der Waals surface area contributed by atoms with Crippen LogP contribution in [0.2, 0.25) is 0 Å². The second-order valence-corrected chi connectivity index (χ2v) is 5.49. The van der Waals surface area contributed by atoms with Crippen molar-refractivity contribution in [2.45, 2.75) is 25.8 Å². The number of carboxylic acid groups (broad SMARTS) is 1. The normalized spacial score (nSPS) is 17.3. The van der Waals surface area contributed by atoms with E-state index in [0.717, 1.165) is 0 Å². The molecule has 1 heterocycles. The number of hydrogen-bond acceptors (Lipinski definition) is 5. The summed E-state index contributed by atoms with van der Waals surface area (Å²) in [6.45, 7) is 1.42. The van der Waals surface area contributed by atoms with E-state index in [4.69, 9.17) is 9.84 Å². The number of aliphatic carboxylic acids is 1. The number of Topliss-reactive ketones (excluding diaryl/α,β-unsaturated/α-hetero) is 1. The molecule has 1 aliphatic heterocycles. The SMILES string of the molecule is COc1ccc([C@H]2C(C(C)=O)=C(O)C(=O)N2CCCC(=O)O)cc1. The second kappa shape index (κ2) is 7.16. The molecule has 2 rings (SSSR count). The monoisotopic (exact) mass is 333 g/mol. The van der Waals surface area contributed by atoms with E-state index in [9.17, 15) is 19.5 Å². The van der Waals surface area contributed by atoms with Gasteiger partial charge in [0.15, 0.2) is 11.5 Å². The van der Waals surface area contributed by atoms with Gasteiger partial charge in [0.25, 0.3) is 5.91 Å². The Labute approximate surface area is 139 Å². The highest BCUT2D eigenvalue weighted by Gasteiger charge is 2.41. The third-order valence-electron chi connectivity index (χ3n) is 3.90. The first-order valence-electron chi connectivity index (χ1n) is 7.47. The summed E-state index contributed by atoms with van der Waals surface area (Å²) in [7, 11) is 1.53. The van der Waals surface area contributed by atoms with Gasteiger partial charge in [-0.15, -0.1) is 0 Å². The van der Waals surface area contributed by atoms with Gasteiger partial charge in [0.05, 0.1) is 18.7 Å². The van der Waals surface area contributed by atoms with Gasteiger partial charge < -0.3 is 19.8 Å². The van der Waals surface area contributed by atoms with Crippen molar-refractivity contribution in [2.24, 2.45) is 0 Å². The molecule has 0 unspecified atom stereocenters. The molecule has 7 heteroatoms. The fraction of sp³-hybridized carbons (Fsp3) is 0.353. The lowest BCUT2D eigenvalue weighted by Crippen LogP contribution is -2.32. The molecule has 0 aliphatic carbocycles. The molecule has 24 heavy (non-hydrogen) atoms. The Morgan fingerprint density at radius 3 is 2.38 bits per heavy atom. The number of carbonyl (C=O) groups is 3. The summed E-state index contributed by atoms with van der Waals surface area (Å²) < 4.78 is 5.09. The van der Waals surface area contributed by atoms with Crippen LogP contribution in [0, 0.1) is 0 Å². The first kappa shape index (κ1) is 17.5. The van der Waals surface area contributed by atoms with Crippen molar-refractivity contribution in [3.05, 3.63) is 41.2 Å². The largest absolute Gasteiger partial charge is 0.503 e. The zero-order chi connectivity index (χ0) is 17.9. The standard InChI is InChI=1S/C17H19NO6/c1-10(19)14-15(11-5-7-12(24-2)8-6-11)18(17(23)16(14)22)9-3-4-13(20)21/h5-8,15,22H,3-4,9H2,1-2H3,(H,20,21)/t15-/m0/s1. The molecule has 0 aromatic heterocycles. The van der Waals surface area contributed by atoms with E-state index in [1.165, 1.54) is 18.9 Å². The second-order valence-electron chi connectivity index (χ2n) is 5.49. The molecule has 1 aliphatic rings. The summed E-state index contributed by atoms with van der Waals surface area (Å²) in [5, 5.41) is 18.8. The minimum absolute atomic E-state index is 0.0282. The van der Waals surface area contributed by atoms with Crippen LogP contribution in [-0.4, -0.2) is 46.4 Å². The number of aliphatic hydroxyl groups is 1. The number of carbonyl (C=O) groups excluding carboxylic acids is 2. The average molecular weight is 333 g/mol. The molecule has 1 aromatic carbocycles. The zero-order valence-electron chi connectivity index (χ0n) is 13.5. The van der Waals surface area contributed by atoms with Gasteiger partial charge >= 0.3 is 5.97 Å². The number of rotatable bonds is 7. The molecule has 1 amide bonds. The van der Waals surface area contributed by atoms with Crippen molar-refractivity contribution < 1.29 is 29.3 Å². The van der Waals surface area contributed by atoms with E-state index in [2.05, 4.69) is 0 Å². The smallest absolute Gasteiger partial charge is 0.303 e. The molecule has 0 saturated heterocycles. The topological polar surface area (TPSA) is 104 Å². The molecule has 7 nitrogen and oxygen atoms in total. The molecule has 0 radical (unpaired) electrons. The molecule has 1 atom stereocenters. The fourth-order valence-electron chi connectivity index (χ4n) is 2.78. The predicted molar refractivity (Wildman–Crippen MR) is 84.7 cm³/mol. The minimum atomic E-state index is -0.966. The summed E-state index contributed by atoms with van der Waals surface area (Å²) in [5.74, 6) is -1.97. The summed E-state index contributed by atoms with van der Waals surface area (Å²) >= 11 is 0. The number of methoxy groups -OCH3 is 1. The van der Waals surface area contributed by atoms with E-state index in [1.807, 2.05) is 0 Å². The van der Waals surface area contributed by atoms with E-state index in [-0.39, 0.29) is 25.0 Å². The average Bonchev–Trinajstić information content (AvgIpc) is 2.79. The van der Waals surface area contributed by atoms with Crippen molar-refractivity contribution in [1.29, 1.82) is 0 Å². The van der Waals surface area contributed by atoms with Gasteiger partial charge in [-0.2, -0.15) is 0 Å². The lowest BCUT2D eigenvalue weighted by molar-refractivity contribution is -0.138. The lowest BCUT2D eigenvalue weighted by atomic mass is 9.96. The molecular weight excluding hydrogens is 314 g/mol. The Bertz CT molecular complexity index is 692. The minimum Gasteiger partial charge on any atom is -0.503 e. The van der Waals surface area contributed by atoms with Gasteiger partial charge in [-0.3, -0.25) is 14.4 Å². The number of aliphatic hydroxyl groups excluding tert-OH is 1. The van der Waals surface area contributed by atoms with Crippen molar-refractivity contribution in [3.63, 3.8) is 0 Å². The number of carboxylic acids is 1. The summed E-state index contributed by atoms with van der Waals surface area (Å²) in [5.41, 5.74) is 0.675. The van der Waals surface area contributed by atoms with Gasteiger partial charge in [-0.1, -0.05) is 12.1 Å². The number of ether oxygens (including phenoxy) is 1. The van der Waals surface area contributed by atoms with Crippen LogP contribution in [0.3, 0.4) is 0 Å². The highest BCUT2D eigenvalue weighted by molar-refractivity contribution is 6.08. The molecule has 0 bridgehead atoms. The Morgan fingerprint density at radius 1 is 1.25 bits per heavy atom. The zero-order valence-corrected chi connectivity index (χ0v) is 13.5. The molecular formula is C17H19NO6. The van der Waals surface area contributed by atoms with E-state index >= 15 is 0 Å². The molecule has 0 fully saturated rings. The van der Waals surface area contributed by atoms with Gasteiger partial charge in [0, 0.05) is 13.0 Å². The third-order valence-corrected chi connectivity index (χ3v) is 3.90. The highest BCUT2D eigenvalue weighted by atomic mass is 16.5. The first-order valence-corrected chi connectivity index (χ1v) is 7.47. The maximum atomic E-state index is 12.3. The Morgan fingerprint density at radius 2 is 1.88 bits per heavy atom. The number of benzene rings is 1. The van der Waals surface area contributed by atoms with Crippen LogP contribution in [0.5, 0.6) is 5.75 Å². The van der Waals surface area contributed by atoms with Gasteiger partial charge in [0.2, 0.25) is 0 Å².